The molecule has 0 aliphatic rings. The van der Waals surface area contributed by atoms with E-state index in [1.54, 1.807) is 31.4 Å². The lowest BCUT2D eigenvalue weighted by molar-refractivity contribution is 0.0951. The van der Waals surface area contributed by atoms with Gasteiger partial charge in [0.1, 0.15) is 11.6 Å². The first-order valence-electron chi connectivity index (χ1n) is 9.68. The van der Waals surface area contributed by atoms with Crippen LogP contribution < -0.4 is 15.6 Å². The zero-order valence-electron chi connectivity index (χ0n) is 16.8. The fourth-order valence-corrected chi connectivity index (χ4v) is 3.27. The fourth-order valence-electron chi connectivity index (χ4n) is 3.27. The minimum absolute atomic E-state index is 0.188. The van der Waals surface area contributed by atoms with Gasteiger partial charge in [0.05, 0.1) is 30.9 Å². The highest BCUT2D eigenvalue weighted by Crippen LogP contribution is 2.13. The summed E-state index contributed by atoms with van der Waals surface area (Å²) in [5.74, 6) is 0.0828. The Labute approximate surface area is 177 Å². The van der Waals surface area contributed by atoms with Crippen molar-refractivity contribution in [1.29, 1.82) is 0 Å². The van der Waals surface area contributed by atoms with Crippen LogP contribution in [0.3, 0.4) is 0 Å². The molecule has 0 saturated heterocycles. The number of amides is 1. The summed E-state index contributed by atoms with van der Waals surface area (Å²) in [4.78, 5) is 29.8. The van der Waals surface area contributed by atoms with Crippen LogP contribution in [-0.4, -0.2) is 22.6 Å². The zero-order valence-corrected chi connectivity index (χ0v) is 16.8. The molecule has 0 saturated carbocycles. The predicted molar refractivity (Wildman–Crippen MR) is 116 cm³/mol. The molecule has 0 aliphatic carbocycles. The number of carbonyl (C=O) groups excluding carboxylic acids is 1. The molecular weight excluding hydrogens is 397 g/mol. The zero-order chi connectivity index (χ0) is 21.8. The Balaban J connectivity index is 1.55. The van der Waals surface area contributed by atoms with Gasteiger partial charge < -0.3 is 10.1 Å². The largest absolute Gasteiger partial charge is 0.497 e. The second kappa shape index (κ2) is 8.79. The van der Waals surface area contributed by atoms with E-state index in [1.807, 2.05) is 24.3 Å². The highest BCUT2D eigenvalue weighted by molar-refractivity contribution is 5.97. The number of nitrogens with zero attached hydrogens (tertiary/aromatic N) is 2. The van der Waals surface area contributed by atoms with Gasteiger partial charge in [0, 0.05) is 12.1 Å². The number of benzene rings is 3. The Morgan fingerprint density at radius 3 is 2.61 bits per heavy atom. The van der Waals surface area contributed by atoms with E-state index in [1.165, 1.54) is 29.1 Å². The van der Waals surface area contributed by atoms with E-state index in [0.717, 1.165) is 11.3 Å². The summed E-state index contributed by atoms with van der Waals surface area (Å²) >= 11 is 0. The number of methoxy groups -OCH3 is 1. The molecule has 1 heterocycles. The van der Waals surface area contributed by atoms with Gasteiger partial charge in [-0.2, -0.15) is 0 Å². The van der Waals surface area contributed by atoms with Gasteiger partial charge >= 0.3 is 0 Å². The van der Waals surface area contributed by atoms with Crippen LogP contribution in [0.1, 0.15) is 21.5 Å². The summed E-state index contributed by atoms with van der Waals surface area (Å²) in [6.07, 6.45) is 1.43. The van der Waals surface area contributed by atoms with Crippen molar-refractivity contribution in [3.8, 4) is 5.75 Å². The van der Waals surface area contributed by atoms with Crippen molar-refractivity contribution in [3.63, 3.8) is 0 Å². The number of nitrogens with one attached hydrogen (secondary N) is 1. The van der Waals surface area contributed by atoms with Gasteiger partial charge in [-0.15, -0.1) is 0 Å². The molecule has 4 aromatic rings. The molecule has 4 rings (SSSR count). The molecule has 6 nitrogen and oxygen atoms in total. The molecule has 31 heavy (non-hydrogen) atoms. The third-order valence-corrected chi connectivity index (χ3v) is 4.94. The second-order valence-corrected chi connectivity index (χ2v) is 7.07. The molecule has 0 aliphatic heterocycles. The standard InChI is InChI=1S/C24H20FN3O3/c1-31-20-8-5-16(6-9-20)13-26-23(29)18-7-10-22-21(12-18)24(30)28(15-27-22)14-17-3-2-4-19(25)11-17/h2-12,15H,13-14H2,1H3,(H,26,29). The van der Waals surface area contributed by atoms with E-state index < -0.39 is 0 Å². The molecule has 0 bridgehead atoms. The average molecular weight is 417 g/mol. The molecule has 0 radical (unpaired) electrons. The Kier molecular flexibility index (Phi) is 5.75. The number of hydrogen-bond donors (Lipinski definition) is 1. The number of carbonyl (C=O) groups is 1. The third-order valence-electron chi connectivity index (χ3n) is 4.94. The van der Waals surface area contributed by atoms with Crippen LogP contribution in [0.4, 0.5) is 4.39 Å². The van der Waals surface area contributed by atoms with Crippen LogP contribution >= 0.6 is 0 Å². The van der Waals surface area contributed by atoms with Gasteiger partial charge in [-0.05, 0) is 53.6 Å². The molecule has 0 unspecified atom stereocenters. The first kappa shape index (κ1) is 20.3. The lowest BCUT2D eigenvalue weighted by Crippen LogP contribution is -2.24. The lowest BCUT2D eigenvalue weighted by atomic mass is 10.1. The van der Waals surface area contributed by atoms with E-state index in [0.29, 0.717) is 28.6 Å². The van der Waals surface area contributed by atoms with Crippen molar-refractivity contribution in [2.45, 2.75) is 13.1 Å². The SMILES string of the molecule is COc1ccc(CNC(=O)c2ccc3ncn(Cc4cccc(F)c4)c(=O)c3c2)cc1. The van der Waals surface area contributed by atoms with Crippen LogP contribution in [0.2, 0.25) is 0 Å². The van der Waals surface area contributed by atoms with Crippen molar-refractivity contribution < 1.29 is 13.9 Å². The molecule has 1 N–H and O–H groups in total. The number of hydrogen-bond acceptors (Lipinski definition) is 4. The fraction of sp³-hybridized carbons (Fsp3) is 0.125. The maximum Gasteiger partial charge on any atom is 0.261 e. The normalized spacial score (nSPS) is 10.8. The third kappa shape index (κ3) is 4.61. The van der Waals surface area contributed by atoms with Gasteiger partial charge in [-0.25, -0.2) is 9.37 Å². The molecule has 1 aromatic heterocycles. The smallest absolute Gasteiger partial charge is 0.261 e. The number of aromatic nitrogens is 2. The van der Waals surface area contributed by atoms with Crippen molar-refractivity contribution >= 4 is 16.8 Å². The first-order chi connectivity index (χ1) is 15.0. The minimum Gasteiger partial charge on any atom is -0.497 e. The minimum atomic E-state index is -0.366. The molecule has 156 valence electrons. The van der Waals surface area contributed by atoms with Crippen LogP contribution in [-0.2, 0) is 13.1 Å². The van der Waals surface area contributed by atoms with Gasteiger partial charge in [0.2, 0.25) is 0 Å². The number of ether oxygens (including phenoxy) is 1. The molecule has 7 heteroatoms. The van der Waals surface area contributed by atoms with Crippen LogP contribution in [0.5, 0.6) is 5.75 Å². The van der Waals surface area contributed by atoms with Crippen LogP contribution in [0.15, 0.2) is 77.9 Å². The summed E-state index contributed by atoms with van der Waals surface area (Å²) in [5.41, 5.74) is 2.14. The molecule has 0 fully saturated rings. The summed E-state index contributed by atoms with van der Waals surface area (Å²) in [6, 6.07) is 18.3. The molecule has 1 amide bonds. The summed E-state index contributed by atoms with van der Waals surface area (Å²) in [5, 5.41) is 3.18. The maximum atomic E-state index is 13.4. The van der Waals surface area contributed by atoms with Gasteiger partial charge in [0.15, 0.2) is 0 Å². The predicted octanol–water partition coefficient (Wildman–Crippen LogP) is 3.52. The number of halogens is 1. The van der Waals surface area contributed by atoms with Crippen LogP contribution in [0.25, 0.3) is 10.9 Å². The summed E-state index contributed by atoms with van der Waals surface area (Å²) in [7, 11) is 1.59. The van der Waals surface area contributed by atoms with Crippen molar-refractivity contribution in [2.75, 3.05) is 7.11 Å². The number of rotatable bonds is 6. The molecule has 3 aromatic carbocycles. The molecular formula is C24H20FN3O3. The van der Waals surface area contributed by atoms with E-state index in [4.69, 9.17) is 4.74 Å². The Bertz CT molecular complexity index is 1300. The summed E-state index contributed by atoms with van der Waals surface area (Å²) < 4.78 is 20.0. The second-order valence-electron chi connectivity index (χ2n) is 7.07. The van der Waals surface area contributed by atoms with Crippen molar-refractivity contribution in [2.24, 2.45) is 0 Å². The van der Waals surface area contributed by atoms with Gasteiger partial charge in [0.25, 0.3) is 11.5 Å². The van der Waals surface area contributed by atoms with E-state index >= 15 is 0 Å². The van der Waals surface area contributed by atoms with E-state index in [9.17, 15) is 14.0 Å². The maximum absolute atomic E-state index is 13.4. The highest BCUT2D eigenvalue weighted by Gasteiger charge is 2.11. The van der Waals surface area contributed by atoms with E-state index in [-0.39, 0.29) is 23.8 Å². The Morgan fingerprint density at radius 1 is 1.06 bits per heavy atom. The topological polar surface area (TPSA) is 73.2 Å². The van der Waals surface area contributed by atoms with Gasteiger partial charge in [-0.1, -0.05) is 24.3 Å². The monoisotopic (exact) mass is 417 g/mol. The van der Waals surface area contributed by atoms with E-state index in [2.05, 4.69) is 10.3 Å². The number of fused-ring (bicyclic) bond motifs is 1. The van der Waals surface area contributed by atoms with Crippen molar-refractivity contribution in [3.05, 3.63) is 106 Å². The average Bonchev–Trinajstić information content (AvgIpc) is 2.79. The quantitative estimate of drug-likeness (QED) is 0.521. The molecule has 0 spiro atoms. The Morgan fingerprint density at radius 2 is 1.87 bits per heavy atom. The molecule has 0 atom stereocenters. The highest BCUT2D eigenvalue weighted by atomic mass is 19.1. The first-order valence-corrected chi connectivity index (χ1v) is 9.68. The lowest BCUT2D eigenvalue weighted by Gasteiger charge is -2.09. The summed E-state index contributed by atoms with van der Waals surface area (Å²) in [6.45, 7) is 0.533. The Hall–Kier alpha value is -4.00. The van der Waals surface area contributed by atoms with Crippen LogP contribution in [0, 0.1) is 5.82 Å². The van der Waals surface area contributed by atoms with Gasteiger partial charge in [-0.3, -0.25) is 14.2 Å². The van der Waals surface area contributed by atoms with Crippen molar-refractivity contribution in [1.82, 2.24) is 14.9 Å².